The predicted octanol–water partition coefficient (Wildman–Crippen LogP) is 2.59. The molecule has 0 saturated carbocycles. The highest BCUT2D eigenvalue weighted by atomic mass is 79.9. The van der Waals surface area contributed by atoms with E-state index in [1.54, 1.807) is 26.4 Å². The van der Waals surface area contributed by atoms with Crippen molar-refractivity contribution in [3.8, 4) is 0 Å². The Labute approximate surface area is 126 Å². The van der Waals surface area contributed by atoms with Gasteiger partial charge in [0, 0.05) is 50.5 Å². The van der Waals surface area contributed by atoms with Crippen LogP contribution in [0, 0.1) is 10.1 Å². The van der Waals surface area contributed by atoms with Gasteiger partial charge >= 0.3 is 0 Å². The lowest BCUT2D eigenvalue weighted by atomic mass is 10.1. The van der Waals surface area contributed by atoms with Crippen LogP contribution in [0.5, 0.6) is 0 Å². The van der Waals surface area contributed by atoms with Crippen LogP contribution in [0.1, 0.15) is 5.56 Å². The molecule has 0 fully saturated rings. The van der Waals surface area contributed by atoms with E-state index in [1.807, 2.05) is 0 Å². The maximum Gasteiger partial charge on any atom is 0.269 e. The molecule has 0 saturated heterocycles. The summed E-state index contributed by atoms with van der Waals surface area (Å²) in [5.41, 5.74) is 1.94. The molecule has 1 aromatic carbocycles. The van der Waals surface area contributed by atoms with E-state index in [4.69, 9.17) is 9.47 Å². The fourth-order valence-corrected chi connectivity index (χ4v) is 2.31. The monoisotopic (exact) mass is 346 g/mol. The molecule has 0 radical (unpaired) electrons. The highest BCUT2D eigenvalue weighted by molar-refractivity contribution is 9.08. The summed E-state index contributed by atoms with van der Waals surface area (Å²) in [7, 11) is 3.30. The lowest BCUT2D eigenvalue weighted by Crippen LogP contribution is -2.31. The highest BCUT2D eigenvalue weighted by Crippen LogP contribution is 2.27. The summed E-state index contributed by atoms with van der Waals surface area (Å²) >= 11 is 3.38. The summed E-state index contributed by atoms with van der Waals surface area (Å²) < 4.78 is 10.2. The van der Waals surface area contributed by atoms with Gasteiger partial charge in [0.2, 0.25) is 0 Å². The van der Waals surface area contributed by atoms with Gasteiger partial charge in [0.05, 0.1) is 18.1 Å². The van der Waals surface area contributed by atoms with Gasteiger partial charge in [0.25, 0.3) is 5.69 Å². The summed E-state index contributed by atoms with van der Waals surface area (Å²) in [6.07, 6.45) is 0. The van der Waals surface area contributed by atoms with E-state index < -0.39 is 0 Å². The van der Waals surface area contributed by atoms with Gasteiger partial charge in [-0.3, -0.25) is 10.1 Å². The van der Waals surface area contributed by atoms with E-state index in [0.717, 1.165) is 11.3 Å². The second-order valence-electron chi connectivity index (χ2n) is 4.18. The smallest absolute Gasteiger partial charge is 0.269 e. The van der Waals surface area contributed by atoms with Crippen LogP contribution in [0.3, 0.4) is 0 Å². The van der Waals surface area contributed by atoms with Gasteiger partial charge in [0.1, 0.15) is 0 Å². The quantitative estimate of drug-likeness (QED) is 0.390. The topological polar surface area (TPSA) is 64.8 Å². The molecule has 0 atom stereocenters. The Bertz CT molecular complexity index is 434. The summed E-state index contributed by atoms with van der Waals surface area (Å²) in [4.78, 5) is 12.6. The molecule has 0 unspecified atom stereocenters. The number of hydrogen-bond acceptors (Lipinski definition) is 5. The summed E-state index contributed by atoms with van der Waals surface area (Å²) in [6, 6.07) is 4.89. The van der Waals surface area contributed by atoms with Crippen molar-refractivity contribution in [3.63, 3.8) is 0 Å². The zero-order valence-corrected chi connectivity index (χ0v) is 13.3. The number of methoxy groups -OCH3 is 2. The van der Waals surface area contributed by atoms with Gasteiger partial charge in [-0.15, -0.1) is 0 Å². The lowest BCUT2D eigenvalue weighted by molar-refractivity contribution is -0.384. The van der Waals surface area contributed by atoms with Crippen molar-refractivity contribution in [1.29, 1.82) is 0 Å². The first-order chi connectivity index (χ1) is 9.63. The fraction of sp³-hybridized carbons (Fsp3) is 0.538. The molecule has 1 aromatic rings. The minimum atomic E-state index is -0.384. The van der Waals surface area contributed by atoms with Crippen LogP contribution in [-0.2, 0) is 14.8 Å². The molecule has 0 amide bonds. The number of non-ortho nitro benzene ring substituents is 1. The number of ether oxygens (including phenoxy) is 2. The first kappa shape index (κ1) is 16.9. The average molecular weight is 347 g/mol. The first-order valence-electron chi connectivity index (χ1n) is 6.20. The number of rotatable bonds is 9. The van der Waals surface area contributed by atoms with E-state index in [9.17, 15) is 10.1 Å². The zero-order valence-electron chi connectivity index (χ0n) is 11.7. The van der Waals surface area contributed by atoms with E-state index >= 15 is 0 Å². The van der Waals surface area contributed by atoms with Gasteiger partial charge in [-0.25, -0.2) is 0 Å². The Morgan fingerprint density at radius 1 is 1.25 bits per heavy atom. The molecule has 20 heavy (non-hydrogen) atoms. The van der Waals surface area contributed by atoms with E-state index in [0.29, 0.717) is 31.6 Å². The second kappa shape index (κ2) is 8.89. The predicted molar refractivity (Wildman–Crippen MR) is 81.7 cm³/mol. The van der Waals surface area contributed by atoms with Crippen molar-refractivity contribution in [2.75, 3.05) is 45.4 Å². The molecular formula is C13H19BrN2O4. The molecule has 0 aliphatic carbocycles. The number of nitrogens with zero attached hydrogens (tertiary/aromatic N) is 2. The Morgan fingerprint density at radius 3 is 2.30 bits per heavy atom. The standard InChI is InChI=1S/C13H19BrN2O4/c1-19-7-5-15(6-8-20-2)13-4-3-12(16(17)18)9-11(13)10-14/h3-4,9H,5-8,10H2,1-2H3. The maximum atomic E-state index is 10.8. The van der Waals surface area contributed by atoms with Crippen LogP contribution in [0.25, 0.3) is 0 Å². The lowest BCUT2D eigenvalue weighted by Gasteiger charge is -2.26. The van der Waals surface area contributed by atoms with Gasteiger partial charge in [-0.05, 0) is 11.6 Å². The Hall–Kier alpha value is -1.18. The van der Waals surface area contributed by atoms with Crippen LogP contribution in [0.4, 0.5) is 11.4 Å². The van der Waals surface area contributed by atoms with Gasteiger partial charge in [0.15, 0.2) is 0 Å². The number of anilines is 1. The van der Waals surface area contributed by atoms with E-state index in [2.05, 4.69) is 20.8 Å². The maximum absolute atomic E-state index is 10.8. The number of benzene rings is 1. The third-order valence-corrected chi connectivity index (χ3v) is 3.49. The fourth-order valence-electron chi connectivity index (χ4n) is 1.86. The molecule has 0 aromatic heterocycles. The molecule has 0 bridgehead atoms. The zero-order chi connectivity index (χ0) is 15.0. The highest BCUT2D eigenvalue weighted by Gasteiger charge is 2.15. The number of hydrogen-bond donors (Lipinski definition) is 0. The first-order valence-corrected chi connectivity index (χ1v) is 7.32. The average Bonchev–Trinajstić information content (AvgIpc) is 2.47. The van der Waals surface area contributed by atoms with Crippen molar-refractivity contribution in [1.82, 2.24) is 0 Å². The van der Waals surface area contributed by atoms with Crippen LogP contribution < -0.4 is 4.90 Å². The largest absolute Gasteiger partial charge is 0.383 e. The van der Waals surface area contributed by atoms with Gasteiger partial charge in [-0.2, -0.15) is 0 Å². The number of nitro benzene ring substituents is 1. The van der Waals surface area contributed by atoms with E-state index in [1.165, 1.54) is 6.07 Å². The van der Waals surface area contributed by atoms with Crippen molar-refractivity contribution in [2.45, 2.75) is 5.33 Å². The third-order valence-electron chi connectivity index (χ3n) is 2.89. The Balaban J connectivity index is 3.00. The molecule has 112 valence electrons. The van der Waals surface area contributed by atoms with Crippen molar-refractivity contribution in [2.24, 2.45) is 0 Å². The summed E-state index contributed by atoms with van der Waals surface area (Å²) in [5.74, 6) is 0. The van der Waals surface area contributed by atoms with Crippen molar-refractivity contribution >= 4 is 27.3 Å². The molecule has 1 rings (SSSR count). The molecule has 0 N–H and O–H groups in total. The van der Waals surface area contributed by atoms with Gasteiger partial charge in [-0.1, -0.05) is 15.9 Å². The van der Waals surface area contributed by atoms with Crippen LogP contribution in [-0.4, -0.2) is 45.4 Å². The minimum Gasteiger partial charge on any atom is -0.383 e. The molecule has 6 nitrogen and oxygen atoms in total. The van der Waals surface area contributed by atoms with Crippen molar-refractivity contribution in [3.05, 3.63) is 33.9 Å². The number of halogens is 1. The molecule has 7 heteroatoms. The summed E-state index contributed by atoms with van der Waals surface area (Å²) in [5, 5.41) is 11.4. The number of alkyl halides is 1. The Kier molecular flexibility index (Phi) is 7.50. The normalized spacial score (nSPS) is 10.6. The molecule has 0 aliphatic heterocycles. The van der Waals surface area contributed by atoms with Crippen LogP contribution in [0.2, 0.25) is 0 Å². The summed E-state index contributed by atoms with van der Waals surface area (Å²) in [6.45, 7) is 2.58. The van der Waals surface area contributed by atoms with Crippen LogP contribution in [0.15, 0.2) is 18.2 Å². The van der Waals surface area contributed by atoms with Gasteiger partial charge < -0.3 is 14.4 Å². The third kappa shape index (κ3) is 4.73. The van der Waals surface area contributed by atoms with Crippen LogP contribution >= 0.6 is 15.9 Å². The molecule has 0 heterocycles. The SMILES string of the molecule is COCCN(CCOC)c1ccc([N+](=O)[O-])cc1CBr. The molecule has 0 spiro atoms. The number of nitro groups is 1. The van der Waals surface area contributed by atoms with E-state index in [-0.39, 0.29) is 10.6 Å². The second-order valence-corrected chi connectivity index (χ2v) is 4.74. The minimum absolute atomic E-state index is 0.0987. The van der Waals surface area contributed by atoms with Crippen molar-refractivity contribution < 1.29 is 14.4 Å². The molecule has 0 aliphatic rings. The Morgan fingerprint density at radius 2 is 1.85 bits per heavy atom. The molecular weight excluding hydrogens is 328 g/mol.